The normalized spacial score (nSPS) is 15.0. The molecule has 2 rings (SSSR count). The molecule has 1 unspecified atom stereocenters. The molecule has 1 aromatic heterocycles. The van der Waals surface area contributed by atoms with Gasteiger partial charge in [-0.15, -0.1) is 0 Å². The Morgan fingerprint density at radius 2 is 1.92 bits per heavy atom. The first-order chi connectivity index (χ1) is 11.3. The van der Waals surface area contributed by atoms with E-state index in [1.54, 1.807) is 25.7 Å². The van der Waals surface area contributed by atoms with Crippen molar-refractivity contribution < 1.29 is 19.1 Å². The molecular weight excluding hydrogens is 308 g/mol. The fourth-order valence-electron chi connectivity index (χ4n) is 3.08. The zero-order valence-corrected chi connectivity index (χ0v) is 15.1. The van der Waals surface area contributed by atoms with Crippen LogP contribution >= 0.6 is 0 Å². The van der Waals surface area contributed by atoms with E-state index in [1.807, 2.05) is 6.92 Å². The number of nitrogens with zero attached hydrogens (tertiary/aromatic N) is 1. The summed E-state index contributed by atoms with van der Waals surface area (Å²) in [5, 5.41) is 0. The Balaban J connectivity index is 2.30. The van der Waals surface area contributed by atoms with Gasteiger partial charge in [-0.1, -0.05) is 6.92 Å². The van der Waals surface area contributed by atoms with Crippen LogP contribution in [0.25, 0.3) is 0 Å². The molecule has 1 N–H and O–H groups in total. The average molecular weight is 334 g/mol. The number of amides is 1. The topological polar surface area (TPSA) is 79.5 Å². The highest BCUT2D eigenvalue weighted by Gasteiger charge is 2.37. The zero-order valence-electron chi connectivity index (χ0n) is 15.1. The van der Waals surface area contributed by atoms with Crippen LogP contribution in [0.3, 0.4) is 0 Å². The van der Waals surface area contributed by atoms with E-state index < -0.39 is 12.0 Å². The Hall–Kier alpha value is -2.11. The van der Waals surface area contributed by atoms with Crippen molar-refractivity contribution in [2.45, 2.75) is 53.0 Å². The third kappa shape index (κ3) is 3.37. The molecule has 1 aliphatic carbocycles. The smallest absolute Gasteiger partial charge is 0.354 e. The SMILES string of the molecule is CCCN(C(=O)C1CC1)C(C)C(=O)c1c(C)[nH]c(C(=O)OC)c1C. The minimum Gasteiger partial charge on any atom is -0.464 e. The van der Waals surface area contributed by atoms with Crippen LogP contribution < -0.4 is 0 Å². The summed E-state index contributed by atoms with van der Waals surface area (Å²) < 4.78 is 4.74. The van der Waals surface area contributed by atoms with Gasteiger partial charge >= 0.3 is 5.97 Å². The van der Waals surface area contributed by atoms with Crippen LogP contribution in [0, 0.1) is 19.8 Å². The molecule has 1 atom stereocenters. The summed E-state index contributed by atoms with van der Waals surface area (Å²) in [6.07, 6.45) is 2.62. The van der Waals surface area contributed by atoms with Gasteiger partial charge in [-0.05, 0) is 45.6 Å². The molecule has 0 saturated heterocycles. The number of Topliss-reactive ketones (excluding diaryl/α,β-unsaturated/α-hetero) is 1. The number of esters is 1. The van der Waals surface area contributed by atoms with Crippen LogP contribution in [-0.2, 0) is 9.53 Å². The number of carbonyl (C=O) groups excluding carboxylic acids is 3. The minimum atomic E-state index is -0.545. The van der Waals surface area contributed by atoms with Crippen LogP contribution in [0.5, 0.6) is 0 Å². The van der Waals surface area contributed by atoms with E-state index in [-0.39, 0.29) is 17.6 Å². The Kier molecular flexibility index (Phi) is 5.47. The molecule has 1 amide bonds. The molecule has 1 aromatic rings. The van der Waals surface area contributed by atoms with Crippen molar-refractivity contribution in [3.8, 4) is 0 Å². The van der Waals surface area contributed by atoms with E-state index in [0.29, 0.717) is 29.1 Å². The number of aromatic amines is 1. The molecule has 6 heteroatoms. The van der Waals surface area contributed by atoms with Gasteiger partial charge in [0.2, 0.25) is 5.91 Å². The van der Waals surface area contributed by atoms with E-state index in [9.17, 15) is 14.4 Å². The third-order valence-electron chi connectivity index (χ3n) is 4.59. The molecular formula is C18H26N2O4. The molecule has 1 saturated carbocycles. The zero-order chi connectivity index (χ0) is 18.0. The molecule has 24 heavy (non-hydrogen) atoms. The van der Waals surface area contributed by atoms with Crippen LogP contribution in [0.1, 0.15) is 65.2 Å². The monoisotopic (exact) mass is 334 g/mol. The molecule has 0 spiro atoms. The van der Waals surface area contributed by atoms with Crippen molar-refractivity contribution in [3.05, 3.63) is 22.5 Å². The summed E-state index contributed by atoms with van der Waals surface area (Å²) in [6.45, 7) is 7.80. The fourth-order valence-corrected chi connectivity index (χ4v) is 3.08. The largest absolute Gasteiger partial charge is 0.464 e. The predicted molar refractivity (Wildman–Crippen MR) is 90.1 cm³/mol. The lowest BCUT2D eigenvalue weighted by molar-refractivity contribution is -0.133. The van der Waals surface area contributed by atoms with Gasteiger partial charge in [0.25, 0.3) is 0 Å². The molecule has 0 aromatic carbocycles. The number of H-pyrrole nitrogens is 1. The van der Waals surface area contributed by atoms with Crippen molar-refractivity contribution in [2.75, 3.05) is 13.7 Å². The lowest BCUT2D eigenvalue weighted by Crippen LogP contribution is -2.44. The number of aromatic nitrogens is 1. The third-order valence-corrected chi connectivity index (χ3v) is 4.59. The van der Waals surface area contributed by atoms with Gasteiger partial charge in [0.15, 0.2) is 5.78 Å². The molecule has 1 fully saturated rings. The van der Waals surface area contributed by atoms with Gasteiger partial charge in [-0.2, -0.15) is 0 Å². The number of rotatable bonds is 7. The number of nitrogens with one attached hydrogen (secondary N) is 1. The highest BCUT2D eigenvalue weighted by molar-refractivity contribution is 6.06. The van der Waals surface area contributed by atoms with Crippen molar-refractivity contribution in [3.63, 3.8) is 0 Å². The summed E-state index contributed by atoms with van der Waals surface area (Å²) in [6, 6.07) is -0.545. The van der Waals surface area contributed by atoms with Crippen molar-refractivity contribution in [1.82, 2.24) is 9.88 Å². The summed E-state index contributed by atoms with van der Waals surface area (Å²) in [5.41, 5.74) is 1.97. The molecule has 6 nitrogen and oxygen atoms in total. The van der Waals surface area contributed by atoms with Crippen LogP contribution in [0.2, 0.25) is 0 Å². The maximum atomic E-state index is 13.0. The first-order valence-electron chi connectivity index (χ1n) is 8.45. The first kappa shape index (κ1) is 18.2. The summed E-state index contributed by atoms with van der Waals surface area (Å²) in [7, 11) is 1.30. The number of ketones is 1. The highest BCUT2D eigenvalue weighted by Crippen LogP contribution is 2.32. The summed E-state index contributed by atoms with van der Waals surface area (Å²) in [5.74, 6) is -0.497. The second-order valence-corrected chi connectivity index (χ2v) is 6.46. The lowest BCUT2D eigenvalue weighted by atomic mass is 9.99. The van der Waals surface area contributed by atoms with Crippen molar-refractivity contribution in [2.24, 2.45) is 5.92 Å². The Labute approximate surface area is 142 Å². The van der Waals surface area contributed by atoms with E-state index in [2.05, 4.69) is 4.98 Å². The van der Waals surface area contributed by atoms with Gasteiger partial charge in [0.1, 0.15) is 5.69 Å². The maximum Gasteiger partial charge on any atom is 0.354 e. The van der Waals surface area contributed by atoms with Crippen molar-refractivity contribution >= 4 is 17.7 Å². The quantitative estimate of drug-likeness (QED) is 0.614. The van der Waals surface area contributed by atoms with E-state index >= 15 is 0 Å². The van der Waals surface area contributed by atoms with E-state index in [0.717, 1.165) is 19.3 Å². The molecule has 0 bridgehead atoms. The summed E-state index contributed by atoms with van der Waals surface area (Å²) in [4.78, 5) is 41.9. The predicted octanol–water partition coefficient (Wildman–Crippen LogP) is 2.64. The number of ether oxygens (including phenoxy) is 1. The number of hydrogen-bond acceptors (Lipinski definition) is 4. The maximum absolute atomic E-state index is 13.0. The van der Waals surface area contributed by atoms with Gasteiger partial charge in [-0.25, -0.2) is 4.79 Å². The molecule has 0 aliphatic heterocycles. The van der Waals surface area contributed by atoms with E-state index in [4.69, 9.17) is 4.74 Å². The molecule has 0 radical (unpaired) electrons. The molecule has 1 aliphatic rings. The number of methoxy groups -OCH3 is 1. The second kappa shape index (κ2) is 7.20. The Bertz CT molecular complexity index is 658. The second-order valence-electron chi connectivity index (χ2n) is 6.46. The van der Waals surface area contributed by atoms with Gasteiger partial charge in [0.05, 0.1) is 13.2 Å². The molecule has 1 heterocycles. The van der Waals surface area contributed by atoms with Gasteiger partial charge < -0.3 is 14.6 Å². The van der Waals surface area contributed by atoms with E-state index in [1.165, 1.54) is 7.11 Å². The average Bonchev–Trinajstić information content (AvgIpc) is 3.36. The molecule has 132 valence electrons. The van der Waals surface area contributed by atoms with Crippen LogP contribution in [-0.4, -0.2) is 47.2 Å². The highest BCUT2D eigenvalue weighted by atomic mass is 16.5. The fraction of sp³-hybridized carbons (Fsp3) is 0.611. The Morgan fingerprint density at radius 1 is 1.29 bits per heavy atom. The van der Waals surface area contributed by atoms with Crippen molar-refractivity contribution in [1.29, 1.82) is 0 Å². The van der Waals surface area contributed by atoms with Gasteiger partial charge in [0, 0.05) is 23.7 Å². The lowest BCUT2D eigenvalue weighted by Gasteiger charge is -2.28. The Morgan fingerprint density at radius 3 is 2.42 bits per heavy atom. The van der Waals surface area contributed by atoms with Gasteiger partial charge in [-0.3, -0.25) is 9.59 Å². The van der Waals surface area contributed by atoms with Crippen LogP contribution in [0.15, 0.2) is 0 Å². The summed E-state index contributed by atoms with van der Waals surface area (Å²) >= 11 is 0. The standard InChI is InChI=1S/C18H26N2O4/c1-6-9-20(17(22)13-7-8-13)12(4)16(21)14-10(2)15(18(23)24-5)19-11(14)3/h12-13,19H,6-9H2,1-5H3. The minimum absolute atomic E-state index is 0.0664. The number of hydrogen-bond donors (Lipinski definition) is 1. The van der Waals surface area contributed by atoms with Crippen LogP contribution in [0.4, 0.5) is 0 Å². The number of aryl methyl sites for hydroxylation is 1. The first-order valence-corrected chi connectivity index (χ1v) is 8.45. The number of carbonyl (C=O) groups is 3.